The monoisotopic (exact) mass is 282 g/mol. The van der Waals surface area contributed by atoms with Crippen LogP contribution in [0, 0.1) is 0 Å². The van der Waals surface area contributed by atoms with Crippen LogP contribution in [0.4, 0.5) is 0 Å². The predicted molar refractivity (Wildman–Crippen MR) is 45.9 cm³/mol. The van der Waals surface area contributed by atoms with E-state index in [9.17, 15) is 0 Å². The molecule has 0 saturated carbocycles. The van der Waals surface area contributed by atoms with E-state index in [0.717, 1.165) is 0 Å². The summed E-state index contributed by atoms with van der Waals surface area (Å²) in [6.45, 7) is -0.907. The van der Waals surface area contributed by atoms with E-state index < -0.39 is 6.93 Å². The summed E-state index contributed by atoms with van der Waals surface area (Å²) < 4.78 is 0. The molecule has 0 aromatic carbocycles. The first-order chi connectivity index (χ1) is 1.73. The van der Waals surface area contributed by atoms with Gasteiger partial charge in [0, 0.05) is 9.76 Å². The molecule has 0 aliphatic carbocycles. The molecule has 0 aromatic rings. The summed E-state index contributed by atoms with van der Waals surface area (Å²) in [5.41, 5.74) is 0. The molecule has 0 unspecified atom stereocenters. The summed E-state index contributed by atoms with van der Waals surface area (Å²) >= 11 is 10.3. The largest absolute Gasteiger partial charge is 0.248 e. The van der Waals surface area contributed by atoms with Crippen LogP contribution in [-0.2, 0) is 0 Å². The maximum absolute atomic E-state index is 5.15. The third-order valence-electron chi connectivity index (χ3n) is 0. The van der Waals surface area contributed by atoms with Gasteiger partial charge in [0.05, 0.1) is 0 Å². The summed E-state index contributed by atoms with van der Waals surface area (Å²) in [7, 11) is 1.64. The second-order valence-electron chi connectivity index (χ2n) is 0.339. The van der Waals surface area contributed by atoms with E-state index in [0.29, 0.717) is 0 Å². The molecule has 0 bridgehead atoms. The van der Waals surface area contributed by atoms with Crippen molar-refractivity contribution in [3.05, 3.63) is 0 Å². The van der Waals surface area contributed by atoms with Gasteiger partial charge in [0.15, 0.2) is 0 Å². The fourth-order valence-electron chi connectivity index (χ4n) is 0. The quantitative estimate of drug-likeness (QED) is 0.346. The van der Waals surface area contributed by atoms with Gasteiger partial charge in [0.25, 0.3) is 0 Å². The molecule has 4 radical (unpaired) electrons. The van der Waals surface area contributed by atoms with E-state index >= 15 is 0 Å². The molecule has 0 heterocycles. The van der Waals surface area contributed by atoms with Crippen LogP contribution in [0.25, 0.3) is 0 Å². The van der Waals surface area contributed by atoms with Crippen molar-refractivity contribution in [3.8, 4) is 0 Å². The molecule has 38 valence electrons. The Morgan fingerprint density at radius 3 is 1.17 bits per heavy atom. The van der Waals surface area contributed by atoms with E-state index in [1.807, 2.05) is 0 Å². The summed E-state index contributed by atoms with van der Waals surface area (Å²) in [6.07, 6.45) is 0. The van der Waals surface area contributed by atoms with Gasteiger partial charge in [-0.3, -0.25) is 0 Å². The first kappa shape index (κ1) is 15.7. The molecular weight excluding hydrogens is 272 g/mol. The van der Waals surface area contributed by atoms with Crippen LogP contribution in [-0.4, -0.2) is 51.9 Å². The van der Waals surface area contributed by atoms with E-state index in [-0.39, 0.29) is 35.2 Å². The van der Waals surface area contributed by atoms with Gasteiger partial charge >= 0.3 is 35.2 Å². The SMILES string of the molecule is [GeH3].[GeH3].[SiH2][Si](Cl)Cl. The fraction of sp³-hybridized carbons (Fsp3) is 0. The Morgan fingerprint density at radius 2 is 1.17 bits per heavy atom. The second-order valence-corrected chi connectivity index (χ2v) is 9.14. The molecule has 0 N–H and O–H groups in total. The summed E-state index contributed by atoms with van der Waals surface area (Å²) in [4.78, 5) is 0. The van der Waals surface area contributed by atoms with Crippen LogP contribution in [0.15, 0.2) is 0 Å². The summed E-state index contributed by atoms with van der Waals surface area (Å²) in [5.74, 6) is 0. The number of hydrogen-bond acceptors (Lipinski definition) is 0. The van der Waals surface area contributed by atoms with Gasteiger partial charge in [-0.1, -0.05) is 0 Å². The summed E-state index contributed by atoms with van der Waals surface area (Å²) in [6, 6.07) is 0. The second kappa shape index (κ2) is 10.2. The molecule has 0 rings (SSSR count). The van der Waals surface area contributed by atoms with Gasteiger partial charge in [-0.2, -0.15) is 22.2 Å². The van der Waals surface area contributed by atoms with Crippen LogP contribution in [0.1, 0.15) is 0 Å². The van der Waals surface area contributed by atoms with E-state index in [1.54, 1.807) is 9.76 Å². The normalized spacial score (nSPS) is 6.00. The molecule has 0 atom stereocenters. The third kappa shape index (κ3) is 36.0. The van der Waals surface area contributed by atoms with Crippen molar-refractivity contribution in [3.63, 3.8) is 0 Å². The molecule has 0 amide bonds. The fourth-order valence-corrected chi connectivity index (χ4v) is 0. The Balaban J connectivity index is -0.0000000450. The zero-order valence-electron chi connectivity index (χ0n) is 3.96. The molecule has 0 aliphatic heterocycles. The van der Waals surface area contributed by atoms with Crippen LogP contribution in [0.5, 0.6) is 0 Å². The van der Waals surface area contributed by atoms with Gasteiger partial charge < -0.3 is 0 Å². The van der Waals surface area contributed by atoms with Gasteiger partial charge in [-0.15, -0.1) is 0 Å². The minimum atomic E-state index is -0.907. The molecule has 6 heteroatoms. The van der Waals surface area contributed by atoms with Crippen molar-refractivity contribution in [2.75, 3.05) is 0 Å². The first-order valence-electron chi connectivity index (χ1n) is 0.732. The van der Waals surface area contributed by atoms with Crippen LogP contribution < -0.4 is 0 Å². The van der Waals surface area contributed by atoms with E-state index in [4.69, 9.17) is 22.2 Å². The van der Waals surface area contributed by atoms with Crippen molar-refractivity contribution in [1.82, 2.24) is 0 Å². The zero-order valence-corrected chi connectivity index (χ0v) is 16.3. The summed E-state index contributed by atoms with van der Waals surface area (Å²) in [5, 5.41) is 0. The molecule has 0 aromatic heterocycles. The molecule has 0 saturated heterocycles. The molecule has 6 heavy (non-hydrogen) atoms. The predicted octanol–water partition coefficient (Wildman–Crippen LogP) is -2.29. The van der Waals surface area contributed by atoms with E-state index in [2.05, 4.69) is 0 Å². The Hall–Kier alpha value is 2.10. The Kier molecular flexibility index (Phi) is 26.6. The van der Waals surface area contributed by atoms with Crippen molar-refractivity contribution >= 4 is 74.0 Å². The number of hydrogen-bond donors (Lipinski definition) is 0. The maximum Gasteiger partial charge on any atom is 0.248 e. The van der Waals surface area contributed by atoms with Gasteiger partial charge in [-0.05, 0) is 0 Å². The smallest absolute Gasteiger partial charge is 0.152 e. The Morgan fingerprint density at radius 1 is 1.17 bits per heavy atom. The third-order valence-corrected chi connectivity index (χ3v) is 0. The maximum atomic E-state index is 5.15. The van der Waals surface area contributed by atoms with Crippen molar-refractivity contribution in [1.29, 1.82) is 0 Å². The standard InChI is InChI=1S/Cl2H2Si2.2GeH3/c1-4(2)3;;/h3H2;2*1H3. The van der Waals surface area contributed by atoms with Crippen molar-refractivity contribution in [2.24, 2.45) is 0 Å². The molecule has 0 fully saturated rings. The molecular formula is H8Cl2Ge2Si2. The van der Waals surface area contributed by atoms with Gasteiger partial charge in [-0.25, -0.2) is 0 Å². The van der Waals surface area contributed by atoms with E-state index in [1.165, 1.54) is 0 Å². The number of halogens is 2. The molecule has 0 spiro atoms. The van der Waals surface area contributed by atoms with Gasteiger partial charge in [0.1, 0.15) is 0 Å². The minimum absolute atomic E-state index is 0. The topological polar surface area (TPSA) is 0 Å². The molecule has 0 aliphatic rings. The van der Waals surface area contributed by atoms with Crippen molar-refractivity contribution < 1.29 is 0 Å². The minimum Gasteiger partial charge on any atom is -0.152 e. The Labute approximate surface area is 73.5 Å². The average molecular weight is 280 g/mol. The van der Waals surface area contributed by atoms with Gasteiger partial charge in [0.2, 0.25) is 6.93 Å². The number of rotatable bonds is 0. The zero-order chi connectivity index (χ0) is 3.58. The van der Waals surface area contributed by atoms with Crippen molar-refractivity contribution in [2.45, 2.75) is 0 Å². The Bertz CT molecular complexity index is 14.3. The van der Waals surface area contributed by atoms with Crippen LogP contribution in [0.2, 0.25) is 0 Å². The average Bonchev–Trinajstić information content (AvgIpc) is 0.811. The first-order valence-corrected chi connectivity index (χ1v) is 6.58. The van der Waals surface area contributed by atoms with Crippen LogP contribution in [0.3, 0.4) is 0 Å². The molecule has 0 nitrogen and oxygen atoms in total. The van der Waals surface area contributed by atoms with Crippen LogP contribution >= 0.6 is 22.2 Å².